The molecule has 12 nitrogen and oxygen atoms in total. The smallest absolute Gasteiger partial charge is 0.246 e. The molecule has 3 amide bonds. The van der Waals surface area contributed by atoms with Crippen LogP contribution in [0.2, 0.25) is 0 Å². The van der Waals surface area contributed by atoms with Crippen LogP contribution in [0.5, 0.6) is 0 Å². The Bertz CT molecular complexity index is 1420. The highest BCUT2D eigenvalue weighted by Crippen LogP contribution is 2.21. The molecule has 0 radical (unpaired) electrons. The lowest BCUT2D eigenvalue weighted by Crippen LogP contribution is -2.59. The van der Waals surface area contributed by atoms with Gasteiger partial charge in [-0.05, 0) is 37.1 Å². The molecule has 3 atom stereocenters. The molecule has 0 saturated heterocycles. The first-order valence-electron chi connectivity index (χ1n) is 13.9. The molecule has 0 aliphatic rings. The Morgan fingerprint density at radius 2 is 1.86 bits per heavy atom. The van der Waals surface area contributed by atoms with Crippen molar-refractivity contribution in [1.29, 1.82) is 0 Å². The van der Waals surface area contributed by atoms with E-state index in [1.165, 1.54) is 4.90 Å². The van der Waals surface area contributed by atoms with Crippen molar-refractivity contribution in [3.63, 3.8) is 0 Å². The number of amides is 3. The Labute approximate surface area is 250 Å². The highest BCUT2D eigenvalue weighted by atomic mass is 32.1. The molecule has 3 rings (SSSR count). The van der Waals surface area contributed by atoms with E-state index < -0.39 is 24.0 Å². The number of aromatic amines is 2. The van der Waals surface area contributed by atoms with Gasteiger partial charge in [0.1, 0.15) is 16.7 Å². The van der Waals surface area contributed by atoms with E-state index in [-0.39, 0.29) is 31.3 Å². The highest BCUT2D eigenvalue weighted by Gasteiger charge is 2.33. The third kappa shape index (κ3) is 8.79. The van der Waals surface area contributed by atoms with Gasteiger partial charge in [0.2, 0.25) is 17.7 Å². The predicted octanol–water partition coefficient (Wildman–Crippen LogP) is 0.753. The molecule has 42 heavy (non-hydrogen) atoms. The number of benzene rings is 1. The number of nitrogens with zero attached hydrogens (tertiary/aromatic N) is 2. The van der Waals surface area contributed by atoms with Crippen LogP contribution in [-0.2, 0) is 27.3 Å². The predicted molar refractivity (Wildman–Crippen MR) is 168 cm³/mol. The molecule has 1 aromatic carbocycles. The van der Waals surface area contributed by atoms with Crippen molar-refractivity contribution in [2.75, 3.05) is 33.7 Å². The average Bonchev–Trinajstić information content (AvgIpc) is 3.41. The van der Waals surface area contributed by atoms with Crippen LogP contribution in [0.1, 0.15) is 24.0 Å². The van der Waals surface area contributed by atoms with Gasteiger partial charge in [0.15, 0.2) is 0 Å². The molecule has 226 valence electrons. The summed E-state index contributed by atoms with van der Waals surface area (Å²) in [5.74, 6) is -1.21. The van der Waals surface area contributed by atoms with Gasteiger partial charge in [0, 0.05) is 68.7 Å². The van der Waals surface area contributed by atoms with Gasteiger partial charge in [-0.25, -0.2) is 0 Å². The molecule has 0 bridgehead atoms. The van der Waals surface area contributed by atoms with Crippen molar-refractivity contribution < 1.29 is 14.4 Å². The Morgan fingerprint density at radius 3 is 2.57 bits per heavy atom. The first kappa shape index (κ1) is 32.6. The van der Waals surface area contributed by atoms with Gasteiger partial charge in [-0.15, -0.1) is 0 Å². The topological polar surface area (TPSA) is 187 Å². The summed E-state index contributed by atoms with van der Waals surface area (Å²) in [7, 11) is 3.16. The molecular formula is C29H41N9O3S. The minimum absolute atomic E-state index is 0.146. The van der Waals surface area contributed by atoms with Crippen LogP contribution < -0.4 is 27.4 Å². The van der Waals surface area contributed by atoms with E-state index in [9.17, 15) is 14.4 Å². The Morgan fingerprint density at radius 1 is 1.07 bits per heavy atom. The van der Waals surface area contributed by atoms with Gasteiger partial charge in [-0.1, -0.05) is 36.5 Å². The fourth-order valence-corrected chi connectivity index (χ4v) is 4.85. The van der Waals surface area contributed by atoms with Crippen LogP contribution >= 0.6 is 12.2 Å². The van der Waals surface area contributed by atoms with E-state index in [4.69, 9.17) is 23.7 Å². The van der Waals surface area contributed by atoms with E-state index in [1.54, 1.807) is 26.5 Å². The van der Waals surface area contributed by atoms with E-state index in [2.05, 4.69) is 30.9 Å². The molecule has 0 spiro atoms. The molecule has 3 aromatic rings. The normalized spacial score (nSPS) is 13.5. The van der Waals surface area contributed by atoms with Crippen molar-refractivity contribution in [1.82, 2.24) is 30.8 Å². The molecule has 9 N–H and O–H groups in total. The quantitative estimate of drug-likeness (QED) is 0.0940. The van der Waals surface area contributed by atoms with Crippen LogP contribution in [0.15, 0.2) is 53.8 Å². The first-order chi connectivity index (χ1) is 20.3. The number of aromatic nitrogens is 2. The number of hydrogen-bond acceptors (Lipinski definition) is 8. The van der Waals surface area contributed by atoms with Gasteiger partial charge in [-0.2, -0.15) is 0 Å². The van der Waals surface area contributed by atoms with Gasteiger partial charge in [0.05, 0.1) is 12.6 Å². The number of nitrogens with one attached hydrogen (secondary N) is 5. The number of fused-ring (bicyclic) bond motifs is 1. The van der Waals surface area contributed by atoms with E-state index in [0.717, 1.165) is 22.0 Å². The van der Waals surface area contributed by atoms with E-state index in [1.807, 2.05) is 42.6 Å². The number of carbonyl (C=O) groups is 3. The molecule has 2 heterocycles. The summed E-state index contributed by atoms with van der Waals surface area (Å²) in [6.07, 6.45) is 6.46. The minimum Gasteiger partial charge on any atom is -0.361 e. The SMILES string of the molecule is CN=CCNC(=O)[C@H](Cc1c[nH]c2ccccc12)N(C)C(=O)[C@H](CN)NC(=O)[C@H](CCCN)NCc1ccc[nH]c1=S. The number of aliphatic imine (C=N–C) groups is 1. The number of H-pyrrole nitrogens is 2. The molecule has 0 fully saturated rings. The molecule has 0 unspecified atom stereocenters. The fourth-order valence-electron chi connectivity index (χ4n) is 4.64. The number of carbonyl (C=O) groups excluding carboxylic acids is 3. The number of para-hydroxylation sites is 1. The number of rotatable bonds is 16. The highest BCUT2D eigenvalue weighted by molar-refractivity contribution is 7.71. The number of nitrogens with two attached hydrogens (primary N) is 2. The average molecular weight is 596 g/mol. The zero-order valence-electron chi connectivity index (χ0n) is 24.1. The summed E-state index contributed by atoms with van der Waals surface area (Å²) in [4.78, 5) is 51.8. The largest absolute Gasteiger partial charge is 0.361 e. The van der Waals surface area contributed by atoms with E-state index >= 15 is 0 Å². The Balaban J connectivity index is 1.77. The monoisotopic (exact) mass is 595 g/mol. The second-order valence-electron chi connectivity index (χ2n) is 9.90. The zero-order valence-corrected chi connectivity index (χ0v) is 24.9. The van der Waals surface area contributed by atoms with Crippen LogP contribution in [0.25, 0.3) is 10.9 Å². The Kier molecular flexibility index (Phi) is 12.8. The fraction of sp³-hybridized carbons (Fsp3) is 0.414. The maximum Gasteiger partial charge on any atom is 0.246 e. The Hall–Kier alpha value is -3.91. The summed E-state index contributed by atoms with van der Waals surface area (Å²) in [6.45, 7) is 0.838. The summed E-state index contributed by atoms with van der Waals surface area (Å²) in [5.41, 5.74) is 14.3. The van der Waals surface area contributed by atoms with Gasteiger partial charge in [0.25, 0.3) is 0 Å². The van der Waals surface area contributed by atoms with Crippen molar-refractivity contribution in [2.45, 2.75) is 43.9 Å². The van der Waals surface area contributed by atoms with Gasteiger partial charge in [-0.3, -0.25) is 19.4 Å². The molecule has 0 saturated carbocycles. The maximum atomic E-state index is 13.7. The third-order valence-corrected chi connectivity index (χ3v) is 7.44. The van der Waals surface area contributed by atoms with Crippen molar-refractivity contribution in [3.8, 4) is 0 Å². The molecule has 0 aliphatic heterocycles. The number of pyridine rings is 1. The lowest BCUT2D eigenvalue weighted by Gasteiger charge is -2.31. The van der Waals surface area contributed by atoms with Gasteiger partial charge >= 0.3 is 0 Å². The zero-order chi connectivity index (χ0) is 30.5. The molecular weight excluding hydrogens is 554 g/mol. The van der Waals surface area contributed by atoms with Crippen molar-refractivity contribution >= 4 is 47.1 Å². The summed E-state index contributed by atoms with van der Waals surface area (Å²) < 4.78 is 0.573. The number of likely N-dealkylation sites (N-methyl/N-ethyl adjacent to an activating group) is 1. The summed E-state index contributed by atoms with van der Waals surface area (Å²) in [6, 6.07) is 8.91. The summed E-state index contributed by atoms with van der Waals surface area (Å²) >= 11 is 5.33. The molecule has 0 aliphatic carbocycles. The summed E-state index contributed by atoms with van der Waals surface area (Å²) in [5, 5.41) is 9.79. The van der Waals surface area contributed by atoms with Crippen LogP contribution in [0.3, 0.4) is 0 Å². The standard InChI is InChI=1S/C29H41N9O3S/c1-32-13-14-33-27(40)25(15-20-18-35-22-9-4-3-8-21(20)22)38(2)29(41)24(16-31)37-26(39)23(10-5-11-30)36-17-19-7-6-12-34-28(19)42/h3-4,6-9,12-13,18,23-25,35-36H,5,10-11,14-17,30-31H2,1-2H3,(H,33,40)(H,34,42)(H,37,39)/t23-,24-,25-/m0/s1. The minimum atomic E-state index is -1.04. The van der Waals surface area contributed by atoms with E-state index in [0.29, 0.717) is 30.6 Å². The second-order valence-corrected chi connectivity index (χ2v) is 10.3. The van der Waals surface area contributed by atoms with Crippen LogP contribution in [0.4, 0.5) is 0 Å². The molecule has 13 heteroatoms. The van der Waals surface area contributed by atoms with Crippen molar-refractivity contribution in [2.24, 2.45) is 16.5 Å². The lowest BCUT2D eigenvalue weighted by atomic mass is 10.0. The molecule has 2 aromatic heterocycles. The van der Waals surface area contributed by atoms with Crippen molar-refractivity contribution in [3.05, 3.63) is 64.6 Å². The third-order valence-electron chi connectivity index (χ3n) is 7.06. The van der Waals surface area contributed by atoms with Crippen LogP contribution in [0, 0.1) is 4.64 Å². The second kappa shape index (κ2) is 16.5. The number of hydrogen-bond donors (Lipinski definition) is 7. The first-order valence-corrected chi connectivity index (χ1v) is 14.3. The maximum absolute atomic E-state index is 13.7. The lowest BCUT2D eigenvalue weighted by molar-refractivity contribution is -0.141. The van der Waals surface area contributed by atoms with Crippen LogP contribution in [-0.4, -0.2) is 90.7 Å². The van der Waals surface area contributed by atoms with Gasteiger partial charge < -0.3 is 42.3 Å².